The van der Waals surface area contributed by atoms with Crippen molar-refractivity contribution in [3.05, 3.63) is 59.8 Å². The van der Waals surface area contributed by atoms with Crippen molar-refractivity contribution in [2.75, 3.05) is 39.0 Å². The van der Waals surface area contributed by atoms with Crippen LogP contribution in [0, 0.1) is 0 Å². The van der Waals surface area contributed by atoms with Crippen LogP contribution in [-0.4, -0.2) is 85.0 Å². The fourth-order valence-electron chi connectivity index (χ4n) is 4.68. The van der Waals surface area contributed by atoms with E-state index in [0.717, 1.165) is 29.3 Å². The molecule has 0 radical (unpaired) electrons. The summed E-state index contributed by atoms with van der Waals surface area (Å²) in [5.41, 5.74) is 2.09. The molecule has 2 amide bonds. The molecule has 2 aromatic carbocycles. The molecule has 0 spiro atoms. The number of nitrogens with zero attached hydrogens (tertiary/aromatic N) is 4. The van der Waals surface area contributed by atoms with Crippen molar-refractivity contribution in [2.45, 2.75) is 30.4 Å². The van der Waals surface area contributed by atoms with Gasteiger partial charge in [-0.15, -0.1) is 0 Å². The van der Waals surface area contributed by atoms with Crippen molar-refractivity contribution in [1.82, 2.24) is 19.6 Å². The Morgan fingerprint density at radius 3 is 2.34 bits per heavy atom. The molecule has 2 saturated heterocycles. The van der Waals surface area contributed by atoms with E-state index in [9.17, 15) is 18.0 Å². The number of sulfone groups is 1. The van der Waals surface area contributed by atoms with E-state index in [0.29, 0.717) is 45.0 Å². The normalized spacial score (nSPS) is 18.8. The SMILES string of the molecule is CS(=O)(=O)c1ccc(Cn2nc(C(=O)N3CCN(C(=O)C4CCCO4)CC3)c3ccccc32)cc1. The highest BCUT2D eigenvalue weighted by Gasteiger charge is 2.32. The van der Waals surface area contributed by atoms with Gasteiger partial charge in [0.1, 0.15) is 6.10 Å². The lowest BCUT2D eigenvalue weighted by Crippen LogP contribution is -2.52. The van der Waals surface area contributed by atoms with E-state index in [1.54, 1.807) is 38.7 Å². The number of piperazine rings is 1. The summed E-state index contributed by atoms with van der Waals surface area (Å²) in [6.07, 6.45) is 2.51. The van der Waals surface area contributed by atoms with Gasteiger partial charge in [-0.1, -0.05) is 30.3 Å². The summed E-state index contributed by atoms with van der Waals surface area (Å²) in [6.45, 7) is 2.90. The Balaban J connectivity index is 1.33. The quantitative estimate of drug-likeness (QED) is 0.535. The van der Waals surface area contributed by atoms with Gasteiger partial charge < -0.3 is 14.5 Å². The summed E-state index contributed by atoms with van der Waals surface area (Å²) in [4.78, 5) is 29.8. The molecule has 1 unspecified atom stereocenters. The molecule has 184 valence electrons. The standard InChI is InChI=1S/C25H28N4O5S/c1-35(32,33)19-10-8-18(9-11-19)17-29-21-6-3-2-5-20(21)23(26-29)25(31)28-14-12-27(13-15-28)24(30)22-7-4-16-34-22/h2-3,5-6,8-11,22H,4,7,12-17H2,1H3. The third kappa shape index (κ3) is 4.81. The van der Waals surface area contributed by atoms with E-state index < -0.39 is 9.84 Å². The lowest BCUT2D eigenvalue weighted by molar-refractivity contribution is -0.142. The van der Waals surface area contributed by atoms with E-state index in [1.807, 2.05) is 24.3 Å². The van der Waals surface area contributed by atoms with Crippen molar-refractivity contribution in [2.24, 2.45) is 0 Å². The average Bonchev–Trinajstić information content (AvgIpc) is 3.52. The summed E-state index contributed by atoms with van der Waals surface area (Å²) in [7, 11) is -3.27. The molecule has 10 heteroatoms. The molecule has 5 rings (SSSR count). The number of para-hydroxylation sites is 1. The Hall–Kier alpha value is -3.24. The van der Waals surface area contributed by atoms with Crippen molar-refractivity contribution < 1.29 is 22.7 Å². The highest BCUT2D eigenvalue weighted by atomic mass is 32.2. The third-order valence-electron chi connectivity index (χ3n) is 6.63. The molecule has 2 aliphatic heterocycles. The topological polar surface area (TPSA) is 102 Å². The number of fused-ring (bicyclic) bond motifs is 1. The molecule has 1 atom stereocenters. The second-order valence-corrected chi connectivity index (χ2v) is 11.1. The fraction of sp³-hybridized carbons (Fsp3) is 0.400. The first-order chi connectivity index (χ1) is 16.8. The summed E-state index contributed by atoms with van der Waals surface area (Å²) < 4.78 is 30.8. The highest BCUT2D eigenvalue weighted by molar-refractivity contribution is 7.90. The monoisotopic (exact) mass is 496 g/mol. The summed E-state index contributed by atoms with van der Waals surface area (Å²) >= 11 is 0. The molecular weight excluding hydrogens is 468 g/mol. The molecule has 0 aliphatic carbocycles. The molecule has 3 heterocycles. The minimum atomic E-state index is -3.27. The van der Waals surface area contributed by atoms with Crippen LogP contribution < -0.4 is 0 Å². The van der Waals surface area contributed by atoms with Crippen LogP contribution in [0.5, 0.6) is 0 Å². The smallest absolute Gasteiger partial charge is 0.275 e. The Morgan fingerprint density at radius 1 is 1.00 bits per heavy atom. The van der Waals surface area contributed by atoms with Crippen LogP contribution in [0.2, 0.25) is 0 Å². The van der Waals surface area contributed by atoms with Crippen molar-refractivity contribution in [3.63, 3.8) is 0 Å². The van der Waals surface area contributed by atoms with E-state index in [-0.39, 0.29) is 22.8 Å². The van der Waals surface area contributed by atoms with E-state index in [1.165, 1.54) is 6.26 Å². The zero-order valence-corrected chi connectivity index (χ0v) is 20.4. The largest absolute Gasteiger partial charge is 0.368 e. The Labute approximate surface area is 204 Å². The third-order valence-corrected chi connectivity index (χ3v) is 7.76. The molecule has 0 bridgehead atoms. The number of hydrogen-bond donors (Lipinski definition) is 0. The number of rotatable bonds is 5. The van der Waals surface area contributed by atoms with Gasteiger partial charge in [-0.2, -0.15) is 5.10 Å². The van der Waals surface area contributed by atoms with Crippen LogP contribution in [0.1, 0.15) is 28.9 Å². The van der Waals surface area contributed by atoms with Gasteiger partial charge in [-0.3, -0.25) is 14.3 Å². The number of hydrogen-bond acceptors (Lipinski definition) is 6. The second-order valence-electron chi connectivity index (χ2n) is 9.06. The summed E-state index contributed by atoms with van der Waals surface area (Å²) in [5.74, 6) is -0.136. The number of benzene rings is 2. The van der Waals surface area contributed by atoms with Crippen LogP contribution >= 0.6 is 0 Å². The number of carbonyl (C=O) groups is 2. The number of amides is 2. The Bertz CT molecular complexity index is 1350. The molecular formula is C25H28N4O5S. The van der Waals surface area contributed by atoms with Gasteiger partial charge in [-0.25, -0.2) is 8.42 Å². The maximum Gasteiger partial charge on any atom is 0.275 e. The van der Waals surface area contributed by atoms with Gasteiger partial charge in [0.2, 0.25) is 0 Å². The first kappa shape index (κ1) is 23.5. The minimum Gasteiger partial charge on any atom is -0.368 e. The van der Waals surface area contributed by atoms with E-state index in [2.05, 4.69) is 5.10 Å². The predicted octanol–water partition coefficient (Wildman–Crippen LogP) is 1.95. The molecule has 0 saturated carbocycles. The van der Waals surface area contributed by atoms with Crippen molar-refractivity contribution in [3.8, 4) is 0 Å². The molecule has 3 aromatic rings. The molecule has 0 N–H and O–H groups in total. The molecule has 35 heavy (non-hydrogen) atoms. The zero-order chi connectivity index (χ0) is 24.6. The van der Waals surface area contributed by atoms with Crippen LogP contribution in [-0.2, 0) is 25.9 Å². The highest BCUT2D eigenvalue weighted by Crippen LogP contribution is 2.23. The number of ether oxygens (including phenoxy) is 1. The van der Waals surface area contributed by atoms with Gasteiger partial charge >= 0.3 is 0 Å². The van der Waals surface area contributed by atoms with Crippen LogP contribution in [0.15, 0.2) is 53.4 Å². The Kier molecular flexibility index (Phi) is 6.33. The van der Waals surface area contributed by atoms with Crippen LogP contribution in [0.4, 0.5) is 0 Å². The average molecular weight is 497 g/mol. The van der Waals surface area contributed by atoms with Gasteiger partial charge in [0.25, 0.3) is 11.8 Å². The number of carbonyl (C=O) groups excluding carboxylic acids is 2. The maximum absolute atomic E-state index is 13.4. The van der Waals surface area contributed by atoms with Crippen LogP contribution in [0.3, 0.4) is 0 Å². The van der Waals surface area contributed by atoms with Crippen molar-refractivity contribution in [1.29, 1.82) is 0 Å². The Morgan fingerprint density at radius 2 is 1.69 bits per heavy atom. The van der Waals surface area contributed by atoms with Gasteiger partial charge in [-0.05, 0) is 36.6 Å². The molecule has 1 aromatic heterocycles. The van der Waals surface area contributed by atoms with E-state index >= 15 is 0 Å². The van der Waals surface area contributed by atoms with Crippen LogP contribution in [0.25, 0.3) is 10.9 Å². The first-order valence-corrected chi connectivity index (χ1v) is 13.6. The summed E-state index contributed by atoms with van der Waals surface area (Å²) in [5, 5.41) is 5.42. The lowest BCUT2D eigenvalue weighted by Gasteiger charge is -2.35. The number of aromatic nitrogens is 2. The zero-order valence-electron chi connectivity index (χ0n) is 19.6. The fourth-order valence-corrected chi connectivity index (χ4v) is 5.31. The summed E-state index contributed by atoms with van der Waals surface area (Å²) in [6, 6.07) is 14.3. The van der Waals surface area contributed by atoms with E-state index in [4.69, 9.17) is 4.74 Å². The predicted molar refractivity (Wildman–Crippen MR) is 130 cm³/mol. The van der Waals surface area contributed by atoms with Gasteiger partial charge in [0.15, 0.2) is 15.5 Å². The van der Waals surface area contributed by atoms with Crippen molar-refractivity contribution >= 4 is 32.6 Å². The second kappa shape index (κ2) is 9.43. The minimum absolute atomic E-state index is 0.0196. The molecule has 2 fully saturated rings. The maximum atomic E-state index is 13.4. The lowest BCUT2D eigenvalue weighted by atomic mass is 10.1. The first-order valence-electron chi connectivity index (χ1n) is 11.8. The molecule has 9 nitrogen and oxygen atoms in total. The molecule has 2 aliphatic rings. The van der Waals surface area contributed by atoms with Gasteiger partial charge in [0, 0.05) is 44.4 Å². The van der Waals surface area contributed by atoms with Gasteiger partial charge in [0.05, 0.1) is 17.0 Å².